The van der Waals surface area contributed by atoms with Gasteiger partial charge in [-0.05, 0) is 78.3 Å². The maximum atomic E-state index is 13.2. The van der Waals surface area contributed by atoms with Crippen molar-refractivity contribution in [3.05, 3.63) is 24.3 Å². The van der Waals surface area contributed by atoms with Crippen molar-refractivity contribution >= 4 is 17.7 Å². The van der Waals surface area contributed by atoms with Gasteiger partial charge in [-0.25, -0.2) is 4.90 Å². The first-order chi connectivity index (χ1) is 22.8. The van der Waals surface area contributed by atoms with Gasteiger partial charge in [-0.1, -0.05) is 148 Å². The average Bonchev–Trinajstić information content (AvgIpc) is 3.04. The molecular weight excluding hydrogens is 580 g/mol. The number of nitrogens with zero attached hydrogens (tertiary/aromatic N) is 2. The van der Waals surface area contributed by atoms with Gasteiger partial charge in [-0.3, -0.25) is 14.4 Å². The summed E-state index contributed by atoms with van der Waals surface area (Å²) < 4.78 is 0. The van der Waals surface area contributed by atoms with Crippen molar-refractivity contribution in [2.24, 2.45) is 5.92 Å². The minimum atomic E-state index is -0.388. The van der Waals surface area contributed by atoms with Crippen LogP contribution in [-0.4, -0.2) is 48.2 Å². The quantitative estimate of drug-likeness (QED) is 0.0520. The topological polar surface area (TPSA) is 57.7 Å². The summed E-state index contributed by atoms with van der Waals surface area (Å²) in [6, 6.07) is 0. The van der Waals surface area contributed by atoms with Crippen molar-refractivity contribution < 1.29 is 14.4 Å². The van der Waals surface area contributed by atoms with Crippen LogP contribution in [-0.2, 0) is 14.4 Å². The molecule has 0 radical (unpaired) electrons. The Morgan fingerprint density at radius 1 is 0.468 bits per heavy atom. The van der Waals surface area contributed by atoms with Crippen LogP contribution in [0.25, 0.3) is 0 Å². The molecule has 0 aromatic rings. The molecule has 0 aromatic carbocycles. The third kappa shape index (κ3) is 28.9. The number of carbonyl (C=O) groups excluding carboxylic acids is 3. The zero-order chi connectivity index (χ0) is 34.8. The number of carbonyl (C=O) groups is 3. The van der Waals surface area contributed by atoms with E-state index in [2.05, 4.69) is 38.2 Å². The largest absolute Gasteiger partial charge is 0.309 e. The van der Waals surface area contributed by atoms with E-state index < -0.39 is 0 Å². The summed E-state index contributed by atoms with van der Waals surface area (Å²) in [5, 5.41) is 0. The molecule has 0 rings (SSSR count). The van der Waals surface area contributed by atoms with Gasteiger partial charge in [0.15, 0.2) is 0 Å². The van der Waals surface area contributed by atoms with Crippen LogP contribution >= 0.6 is 0 Å². The highest BCUT2D eigenvalue weighted by atomic mass is 16.2. The van der Waals surface area contributed by atoms with E-state index in [0.29, 0.717) is 6.54 Å². The van der Waals surface area contributed by atoms with Crippen LogP contribution in [0.1, 0.15) is 201 Å². The Morgan fingerprint density at radius 2 is 0.766 bits per heavy atom. The Morgan fingerprint density at radius 3 is 1.09 bits per heavy atom. The predicted octanol–water partition coefficient (Wildman–Crippen LogP) is 12.1. The molecule has 0 heterocycles. The third-order valence-corrected chi connectivity index (χ3v) is 9.08. The predicted molar refractivity (Wildman–Crippen MR) is 203 cm³/mol. The first kappa shape index (κ1) is 45.2. The molecule has 0 spiro atoms. The van der Waals surface area contributed by atoms with E-state index in [9.17, 15) is 14.4 Å². The van der Waals surface area contributed by atoms with E-state index in [0.717, 1.165) is 69.1 Å². The second-order valence-electron chi connectivity index (χ2n) is 14.3. The molecule has 0 bridgehead atoms. The van der Waals surface area contributed by atoms with Crippen molar-refractivity contribution in [3.63, 3.8) is 0 Å². The third-order valence-electron chi connectivity index (χ3n) is 9.08. The van der Waals surface area contributed by atoms with Crippen molar-refractivity contribution in [3.8, 4) is 0 Å². The Balaban J connectivity index is 4.28. The number of imide groups is 3. The zero-order valence-electron chi connectivity index (χ0n) is 32.0. The molecule has 1 unspecified atom stereocenters. The molecule has 274 valence electrons. The standard InChI is InChI=1S/C42H78N2O3/c1-6-8-10-12-14-16-18-20-22-24-26-28-30-32-34-36-40(45)44(42(47)39(3)38-43(4)5)41(46)37-35-33-31-29-27-25-23-21-19-17-15-13-11-9-7-2/h20-23,39H,6-19,24-38H2,1-5H3/b22-20-,23-21-. The van der Waals surface area contributed by atoms with E-state index in [1.54, 1.807) is 0 Å². The maximum absolute atomic E-state index is 13.2. The molecule has 0 aliphatic heterocycles. The lowest BCUT2D eigenvalue weighted by molar-refractivity contribution is -0.156. The Bertz CT molecular complexity index is 752. The Hall–Kier alpha value is -1.75. The van der Waals surface area contributed by atoms with Crippen LogP contribution in [0.5, 0.6) is 0 Å². The van der Waals surface area contributed by atoms with Crippen LogP contribution < -0.4 is 0 Å². The molecule has 0 N–H and O–H groups in total. The molecule has 0 fully saturated rings. The minimum Gasteiger partial charge on any atom is -0.309 e. The Kier molecular flexibility index (Phi) is 32.9. The summed E-state index contributed by atoms with van der Waals surface area (Å²) in [5.41, 5.74) is 0. The highest BCUT2D eigenvalue weighted by Crippen LogP contribution is 2.16. The molecule has 1 atom stereocenters. The highest BCUT2D eigenvalue weighted by Gasteiger charge is 2.31. The number of hydrogen-bond donors (Lipinski definition) is 0. The lowest BCUT2D eigenvalue weighted by atomic mass is 10.1. The zero-order valence-corrected chi connectivity index (χ0v) is 32.0. The van der Waals surface area contributed by atoms with Crippen LogP contribution in [0.3, 0.4) is 0 Å². The number of unbranched alkanes of at least 4 members (excludes halogenated alkanes) is 22. The van der Waals surface area contributed by atoms with E-state index in [4.69, 9.17) is 0 Å². The maximum Gasteiger partial charge on any atom is 0.240 e. The first-order valence-corrected chi connectivity index (χ1v) is 20.2. The van der Waals surface area contributed by atoms with Gasteiger partial charge in [-0.15, -0.1) is 0 Å². The molecule has 0 saturated heterocycles. The van der Waals surface area contributed by atoms with Crippen LogP contribution in [0.15, 0.2) is 24.3 Å². The fraction of sp³-hybridized carbons (Fsp3) is 0.833. The van der Waals surface area contributed by atoms with Gasteiger partial charge in [0.2, 0.25) is 17.7 Å². The summed E-state index contributed by atoms with van der Waals surface area (Å²) in [4.78, 5) is 42.5. The smallest absolute Gasteiger partial charge is 0.240 e. The van der Waals surface area contributed by atoms with Crippen molar-refractivity contribution in [2.45, 2.75) is 201 Å². The van der Waals surface area contributed by atoms with Crippen molar-refractivity contribution in [1.82, 2.24) is 9.80 Å². The first-order valence-electron chi connectivity index (χ1n) is 20.2. The molecule has 0 saturated carbocycles. The van der Waals surface area contributed by atoms with E-state index in [1.165, 1.54) is 103 Å². The van der Waals surface area contributed by atoms with Gasteiger partial charge in [0.05, 0.1) is 0 Å². The normalized spacial score (nSPS) is 12.5. The lowest BCUT2D eigenvalue weighted by Gasteiger charge is -2.24. The number of hydrogen-bond acceptors (Lipinski definition) is 4. The summed E-state index contributed by atoms with van der Waals surface area (Å²) in [6.45, 7) is 6.87. The van der Waals surface area contributed by atoms with Gasteiger partial charge in [0, 0.05) is 25.3 Å². The fourth-order valence-corrected chi connectivity index (χ4v) is 6.15. The Labute approximate surface area is 292 Å². The van der Waals surface area contributed by atoms with Gasteiger partial charge >= 0.3 is 0 Å². The molecule has 5 heteroatoms. The molecule has 3 amide bonds. The molecule has 47 heavy (non-hydrogen) atoms. The van der Waals surface area contributed by atoms with Crippen LogP contribution in [0, 0.1) is 5.92 Å². The number of amides is 3. The molecule has 0 aliphatic rings. The van der Waals surface area contributed by atoms with Gasteiger partial charge in [0.25, 0.3) is 0 Å². The average molecular weight is 659 g/mol. The van der Waals surface area contributed by atoms with E-state index in [-0.39, 0.29) is 36.5 Å². The molecule has 0 aromatic heterocycles. The monoisotopic (exact) mass is 659 g/mol. The summed E-state index contributed by atoms with van der Waals surface area (Å²) >= 11 is 0. The van der Waals surface area contributed by atoms with Gasteiger partial charge < -0.3 is 4.90 Å². The molecular formula is C42H78N2O3. The molecule has 5 nitrogen and oxygen atoms in total. The lowest BCUT2D eigenvalue weighted by Crippen LogP contribution is -2.46. The van der Waals surface area contributed by atoms with Crippen LogP contribution in [0.4, 0.5) is 0 Å². The summed E-state index contributed by atoms with van der Waals surface area (Å²) in [5.74, 6) is -1.35. The minimum absolute atomic E-state index is 0.275. The van der Waals surface area contributed by atoms with Gasteiger partial charge in [-0.2, -0.15) is 0 Å². The van der Waals surface area contributed by atoms with Crippen molar-refractivity contribution in [2.75, 3.05) is 20.6 Å². The fourth-order valence-electron chi connectivity index (χ4n) is 6.15. The van der Waals surface area contributed by atoms with E-state index >= 15 is 0 Å². The van der Waals surface area contributed by atoms with Gasteiger partial charge in [0.1, 0.15) is 0 Å². The SMILES string of the molecule is CCCCCCCC/C=C\CCCCCCCC(=O)N(C(=O)CCCCCCC/C=C\CCCCCCCC)C(=O)C(C)CN(C)C. The second-order valence-corrected chi connectivity index (χ2v) is 14.3. The van der Waals surface area contributed by atoms with E-state index in [1.807, 2.05) is 25.9 Å². The summed E-state index contributed by atoms with van der Waals surface area (Å²) in [7, 11) is 3.82. The summed E-state index contributed by atoms with van der Waals surface area (Å²) in [6.07, 6.45) is 41.0. The van der Waals surface area contributed by atoms with Crippen molar-refractivity contribution in [1.29, 1.82) is 0 Å². The number of rotatable bonds is 33. The second kappa shape index (κ2) is 34.1. The van der Waals surface area contributed by atoms with Crippen LogP contribution in [0.2, 0.25) is 0 Å². The number of allylic oxidation sites excluding steroid dienone is 4. The highest BCUT2D eigenvalue weighted by molar-refractivity contribution is 6.11. The molecule has 0 aliphatic carbocycles.